The van der Waals surface area contributed by atoms with Crippen LogP contribution in [0, 0.1) is 0 Å². The summed E-state index contributed by atoms with van der Waals surface area (Å²) < 4.78 is 69.7. The van der Waals surface area contributed by atoms with Gasteiger partial charge >= 0.3 is 258 Å². The van der Waals surface area contributed by atoms with Crippen LogP contribution in [0.1, 0.15) is 153 Å². The summed E-state index contributed by atoms with van der Waals surface area (Å²) in [5, 5.41) is 0.851. The topological polar surface area (TPSA) is 0 Å². The quantitative estimate of drug-likeness (QED) is 0.0477. The third-order valence-electron chi connectivity index (χ3n) is 9.86. The standard InChI is InChI=1S/C34H48F4S2.6CH3.2Sn/c1-3-5-7-9-11-13-15-17-19-23-33(35,36)29-27-21-25-40-32(27)30(28-22-26-39-31(28)29)34(37,38)24-20-18-16-14-12-10-8-6-4-2;;;;;;;;/h21-22H,3-20,23-24H2,1-2H3;6*1H3;;. The fraction of sp³-hybridized carbons (Fsp3) is 0.750. The van der Waals surface area contributed by atoms with Gasteiger partial charge in [-0.25, -0.2) is 0 Å². The summed E-state index contributed by atoms with van der Waals surface area (Å²) in [5.74, 6) is -6.10. The zero-order valence-electron chi connectivity index (χ0n) is 31.6. The minimum atomic E-state index is -3.05. The summed E-state index contributed by atoms with van der Waals surface area (Å²) in [4.78, 5) is 13.5. The first-order chi connectivity index (χ1) is 22.5. The van der Waals surface area contributed by atoms with Crippen molar-refractivity contribution in [1.29, 1.82) is 0 Å². The van der Waals surface area contributed by atoms with Crippen LogP contribution in [0.25, 0.3) is 20.2 Å². The van der Waals surface area contributed by atoms with Crippen LogP contribution in [0.4, 0.5) is 17.6 Å². The number of thiophene rings is 2. The van der Waals surface area contributed by atoms with Crippen molar-refractivity contribution in [3.63, 3.8) is 0 Å². The summed E-state index contributed by atoms with van der Waals surface area (Å²) in [6.45, 7) is 4.43. The Morgan fingerprint density at radius 3 is 1.00 bits per heavy atom. The van der Waals surface area contributed by atoms with Gasteiger partial charge in [-0.1, -0.05) is 52.4 Å². The van der Waals surface area contributed by atoms with E-state index in [1.165, 1.54) is 86.9 Å². The van der Waals surface area contributed by atoms with Gasteiger partial charge in [-0.2, -0.15) is 0 Å². The second-order valence-electron chi connectivity index (χ2n) is 16.5. The van der Waals surface area contributed by atoms with Gasteiger partial charge in [0.2, 0.25) is 0 Å². The van der Waals surface area contributed by atoms with Crippen molar-refractivity contribution in [3.8, 4) is 0 Å². The molecule has 0 saturated heterocycles. The van der Waals surface area contributed by atoms with Crippen molar-refractivity contribution in [1.82, 2.24) is 0 Å². The fourth-order valence-corrected chi connectivity index (χ4v) is 19.8. The van der Waals surface area contributed by atoms with Gasteiger partial charge in [-0.15, -0.1) is 0 Å². The number of hydrogen-bond donors (Lipinski definition) is 0. The summed E-state index contributed by atoms with van der Waals surface area (Å²) in [6, 6.07) is 3.87. The van der Waals surface area contributed by atoms with Crippen molar-refractivity contribution < 1.29 is 17.6 Å². The number of alkyl halides is 4. The van der Waals surface area contributed by atoms with E-state index in [0.717, 1.165) is 44.3 Å². The average Bonchev–Trinajstić information content (AvgIpc) is 3.63. The predicted molar refractivity (Wildman–Crippen MR) is 215 cm³/mol. The number of rotatable bonds is 24. The van der Waals surface area contributed by atoms with E-state index >= 15 is 17.6 Å². The molecule has 0 atom stereocenters. The number of fused-ring (bicyclic) bond motifs is 2. The Bertz CT molecular complexity index is 1240. The molecule has 0 radical (unpaired) electrons. The molecule has 0 fully saturated rings. The molecule has 2 heterocycles. The van der Waals surface area contributed by atoms with Crippen molar-refractivity contribution in [3.05, 3.63) is 23.3 Å². The van der Waals surface area contributed by atoms with Crippen LogP contribution in [-0.4, -0.2) is 36.8 Å². The zero-order chi connectivity index (χ0) is 35.6. The van der Waals surface area contributed by atoms with E-state index in [1.807, 2.05) is 12.1 Å². The van der Waals surface area contributed by atoms with Crippen LogP contribution in [0.2, 0.25) is 29.6 Å². The summed E-state index contributed by atoms with van der Waals surface area (Å²) in [5.41, 5.74) is 0.110. The van der Waals surface area contributed by atoms with Crippen molar-refractivity contribution in [2.24, 2.45) is 0 Å². The maximum absolute atomic E-state index is 16.6. The molecule has 0 amide bonds. The fourth-order valence-electron chi connectivity index (χ4n) is 6.80. The van der Waals surface area contributed by atoms with Crippen molar-refractivity contribution >= 4 is 85.4 Å². The Morgan fingerprint density at radius 2 is 0.729 bits per heavy atom. The van der Waals surface area contributed by atoms with Crippen molar-refractivity contribution in [2.45, 2.75) is 184 Å². The molecular weight excluding hydrogens is 858 g/mol. The third kappa shape index (κ3) is 12.3. The Hall–Kier alpha value is 0.457. The van der Waals surface area contributed by atoms with E-state index < -0.39 is 48.6 Å². The van der Waals surface area contributed by atoms with E-state index in [2.05, 4.69) is 43.5 Å². The van der Waals surface area contributed by atoms with E-state index in [4.69, 9.17) is 0 Å². The molecule has 0 saturated carbocycles. The van der Waals surface area contributed by atoms with Crippen LogP contribution in [-0.2, 0) is 11.8 Å². The second kappa shape index (κ2) is 19.5. The van der Waals surface area contributed by atoms with Gasteiger partial charge in [0.25, 0.3) is 0 Å². The summed E-state index contributed by atoms with van der Waals surface area (Å²) >= 11 is -2.69. The number of halogens is 4. The van der Waals surface area contributed by atoms with Crippen LogP contribution >= 0.6 is 22.7 Å². The molecule has 0 aliphatic rings. The van der Waals surface area contributed by atoms with Gasteiger partial charge in [0.05, 0.1) is 0 Å². The van der Waals surface area contributed by atoms with Crippen LogP contribution in [0.3, 0.4) is 0 Å². The first-order valence-electron chi connectivity index (χ1n) is 19.3. The molecule has 0 N–H and O–H groups in total. The number of benzene rings is 1. The molecule has 0 unspecified atom stereocenters. The summed E-state index contributed by atoms with van der Waals surface area (Å²) in [7, 11) is 0. The van der Waals surface area contributed by atoms with Crippen LogP contribution in [0.5, 0.6) is 0 Å². The van der Waals surface area contributed by atoms with Crippen molar-refractivity contribution in [2.75, 3.05) is 0 Å². The van der Waals surface area contributed by atoms with Gasteiger partial charge in [0.15, 0.2) is 0 Å². The van der Waals surface area contributed by atoms with E-state index in [1.54, 1.807) is 0 Å². The first-order valence-corrected chi connectivity index (χ1v) is 41.0. The molecule has 0 aliphatic carbocycles. The Kier molecular flexibility index (Phi) is 17.4. The molecular formula is C40H66F4S2Sn2. The Labute approximate surface area is 307 Å². The maximum atomic E-state index is 16.6. The molecule has 3 aromatic rings. The van der Waals surface area contributed by atoms with Crippen LogP contribution < -0.4 is 5.79 Å². The average molecular weight is 925 g/mol. The SMILES string of the molecule is CCCCCCCCCCCC(F)(F)c1c2c[c]([Sn]([CH3])([CH3])[CH3])sc2c(C(F)(F)CCCCCCCCCCC)c2c[c]([Sn]([CH3])([CH3])[CH3])sc12. The van der Waals surface area contributed by atoms with E-state index in [9.17, 15) is 0 Å². The number of unbranched alkanes of at least 4 members (excludes halogenated alkanes) is 16. The normalized spacial score (nSPS) is 13.4. The Balaban J connectivity index is 1.96. The monoisotopic (exact) mass is 926 g/mol. The molecule has 2 aromatic heterocycles. The molecule has 0 aliphatic heterocycles. The van der Waals surface area contributed by atoms with Gasteiger partial charge in [-0.05, 0) is 0 Å². The van der Waals surface area contributed by atoms with Crippen LogP contribution in [0.15, 0.2) is 12.1 Å². The molecule has 8 heteroatoms. The second-order valence-corrected chi connectivity index (χ2v) is 49.5. The minimum absolute atomic E-state index is 0.0551. The zero-order valence-corrected chi connectivity index (χ0v) is 39.0. The third-order valence-corrected chi connectivity index (χ3v) is 31.0. The molecule has 0 nitrogen and oxygen atoms in total. The molecule has 274 valence electrons. The Morgan fingerprint density at radius 1 is 0.458 bits per heavy atom. The first kappa shape index (κ1) is 42.9. The van der Waals surface area contributed by atoms with Gasteiger partial charge in [-0.3, -0.25) is 0 Å². The molecule has 0 bridgehead atoms. The van der Waals surface area contributed by atoms with Gasteiger partial charge in [0.1, 0.15) is 0 Å². The molecule has 48 heavy (non-hydrogen) atoms. The molecule has 3 rings (SSSR count). The van der Waals surface area contributed by atoms with Gasteiger partial charge < -0.3 is 0 Å². The summed E-state index contributed by atoms with van der Waals surface area (Å²) in [6.07, 6.45) is 18.6. The van der Waals surface area contributed by atoms with Gasteiger partial charge in [0, 0.05) is 0 Å². The predicted octanol–water partition coefficient (Wildman–Crippen LogP) is 15.2. The molecule has 0 spiro atoms. The van der Waals surface area contributed by atoms with E-state index in [-0.39, 0.29) is 24.0 Å². The molecule has 1 aromatic carbocycles. The van der Waals surface area contributed by atoms with E-state index in [0.29, 0.717) is 33.0 Å². The number of hydrogen-bond acceptors (Lipinski definition) is 2.